The number of alkyl carbamates (subject to hydrolysis) is 1. The van der Waals surface area contributed by atoms with E-state index in [1.165, 1.54) is 18.4 Å². The number of hydrogen-bond donors (Lipinski definition) is 3. The maximum Gasteiger partial charge on any atom is 0.407 e. The number of aryl methyl sites for hydroxylation is 1. The average molecular weight is 588 g/mol. The monoisotopic (exact) mass is 587 g/mol. The van der Waals surface area contributed by atoms with E-state index in [2.05, 4.69) is 25.9 Å². The van der Waals surface area contributed by atoms with Gasteiger partial charge in [-0.15, -0.1) is 5.10 Å². The average Bonchev–Trinajstić information content (AvgIpc) is 3.74. The van der Waals surface area contributed by atoms with Crippen LogP contribution >= 0.6 is 0 Å². The number of rotatable bonds is 10. The number of Topliss-reactive ketones (excluding diaryl/α,β-unsaturated/α-hetero) is 1. The van der Waals surface area contributed by atoms with Crippen LogP contribution in [0.15, 0.2) is 17.2 Å². The van der Waals surface area contributed by atoms with Crippen molar-refractivity contribution in [2.75, 3.05) is 20.4 Å². The molecule has 0 radical (unpaired) electrons. The largest absolute Gasteiger partial charge is 0.454 e. The third-order valence-electron chi connectivity index (χ3n) is 8.16. The molecule has 1 aromatic rings. The highest BCUT2D eigenvalue weighted by molar-refractivity contribution is 5.99. The van der Waals surface area contributed by atoms with Crippen LogP contribution in [-0.4, -0.2) is 79.3 Å². The van der Waals surface area contributed by atoms with E-state index >= 15 is 0 Å². The first-order valence-corrected chi connectivity index (χ1v) is 14.3. The third kappa shape index (κ3) is 5.82. The van der Waals surface area contributed by atoms with Gasteiger partial charge in [0.15, 0.2) is 17.9 Å². The van der Waals surface area contributed by atoms with Crippen LogP contribution in [0.4, 0.5) is 4.79 Å². The number of hydrazone groups is 1. The van der Waals surface area contributed by atoms with Crippen molar-refractivity contribution in [3.05, 3.63) is 23.3 Å². The van der Waals surface area contributed by atoms with Crippen LogP contribution in [0.1, 0.15) is 64.5 Å². The van der Waals surface area contributed by atoms with Gasteiger partial charge in [-0.2, -0.15) is 0 Å². The van der Waals surface area contributed by atoms with Gasteiger partial charge in [-0.05, 0) is 48.8 Å². The number of hydrogen-bond acceptors (Lipinski definition) is 10. The van der Waals surface area contributed by atoms with E-state index in [1.54, 1.807) is 13.8 Å². The van der Waals surface area contributed by atoms with Crippen molar-refractivity contribution in [2.45, 2.75) is 84.2 Å². The number of likely N-dealkylation sites (tertiary alicyclic amines) is 1. The lowest BCUT2D eigenvalue weighted by molar-refractivity contribution is -0.146. The Morgan fingerprint density at radius 3 is 2.40 bits per heavy atom. The van der Waals surface area contributed by atoms with E-state index in [1.807, 2.05) is 39.8 Å². The summed E-state index contributed by atoms with van der Waals surface area (Å²) in [4.78, 5) is 54.8. The molecule has 0 saturated carbocycles. The lowest BCUT2D eigenvalue weighted by atomic mass is 9.81. The van der Waals surface area contributed by atoms with E-state index in [0.717, 1.165) is 11.1 Å². The molecule has 13 heteroatoms. The first kappa shape index (κ1) is 30.9. The summed E-state index contributed by atoms with van der Waals surface area (Å²) >= 11 is 0. The van der Waals surface area contributed by atoms with E-state index in [0.29, 0.717) is 30.9 Å². The minimum Gasteiger partial charge on any atom is -0.454 e. The quantitative estimate of drug-likeness (QED) is 0.373. The van der Waals surface area contributed by atoms with E-state index < -0.39 is 47.6 Å². The van der Waals surface area contributed by atoms with Gasteiger partial charge in [0.25, 0.3) is 5.72 Å². The van der Waals surface area contributed by atoms with Gasteiger partial charge in [0.1, 0.15) is 12.1 Å². The number of carbonyl (C=O) groups is 4. The Morgan fingerprint density at radius 2 is 1.79 bits per heavy atom. The molecule has 3 heterocycles. The molecule has 0 aromatic heterocycles. The zero-order valence-electron chi connectivity index (χ0n) is 25.2. The third-order valence-corrected chi connectivity index (χ3v) is 8.16. The zero-order valence-corrected chi connectivity index (χ0v) is 25.2. The fourth-order valence-corrected chi connectivity index (χ4v) is 5.68. The second kappa shape index (κ2) is 12.5. The Hall–Kier alpha value is -4.03. The summed E-state index contributed by atoms with van der Waals surface area (Å²) in [7, 11) is 1.22. The fourth-order valence-electron chi connectivity index (χ4n) is 5.68. The van der Waals surface area contributed by atoms with Crippen LogP contribution in [0, 0.1) is 18.8 Å². The molecule has 0 aliphatic carbocycles. The fraction of sp³-hybridized carbons (Fsp3) is 0.621. The molecular formula is C29H41N5O8. The number of ether oxygens (including phenoxy) is 4. The smallest absolute Gasteiger partial charge is 0.407 e. The number of amides is 3. The van der Waals surface area contributed by atoms with E-state index in [9.17, 15) is 19.2 Å². The molecule has 3 N–H and O–H groups in total. The molecule has 0 bridgehead atoms. The lowest BCUT2D eigenvalue weighted by Gasteiger charge is -2.37. The van der Waals surface area contributed by atoms with Crippen molar-refractivity contribution in [3.8, 4) is 11.5 Å². The summed E-state index contributed by atoms with van der Waals surface area (Å²) in [6.45, 7) is 11.5. The Labute approximate surface area is 245 Å². The summed E-state index contributed by atoms with van der Waals surface area (Å²) in [6.07, 6.45) is 1.49. The molecule has 5 atom stereocenters. The summed E-state index contributed by atoms with van der Waals surface area (Å²) in [5.41, 5.74) is 2.89. The van der Waals surface area contributed by atoms with Gasteiger partial charge in [-0.3, -0.25) is 19.8 Å². The molecule has 3 aliphatic rings. The molecule has 42 heavy (non-hydrogen) atoms. The molecule has 13 nitrogen and oxygen atoms in total. The molecule has 4 rings (SSSR count). The van der Waals surface area contributed by atoms with E-state index in [4.69, 9.17) is 14.2 Å². The molecular weight excluding hydrogens is 546 g/mol. The van der Waals surface area contributed by atoms with Crippen molar-refractivity contribution in [1.29, 1.82) is 0 Å². The van der Waals surface area contributed by atoms with Gasteiger partial charge in [0.05, 0.1) is 13.2 Å². The van der Waals surface area contributed by atoms with Gasteiger partial charge < -0.3 is 34.5 Å². The van der Waals surface area contributed by atoms with Crippen molar-refractivity contribution >= 4 is 30.1 Å². The van der Waals surface area contributed by atoms with Gasteiger partial charge in [0.2, 0.25) is 24.4 Å². The Balaban J connectivity index is 1.56. The van der Waals surface area contributed by atoms with Crippen LogP contribution in [0.5, 0.6) is 11.5 Å². The summed E-state index contributed by atoms with van der Waals surface area (Å²) in [5.74, 6) is -1.09. The molecule has 230 valence electrons. The molecule has 0 spiro atoms. The van der Waals surface area contributed by atoms with E-state index in [-0.39, 0.29) is 24.5 Å². The van der Waals surface area contributed by atoms with Crippen LogP contribution in [-0.2, 0) is 23.9 Å². The van der Waals surface area contributed by atoms with Gasteiger partial charge in [0, 0.05) is 12.5 Å². The molecule has 1 saturated heterocycles. The number of carbonyl (C=O) groups excluding carboxylic acids is 4. The number of benzene rings is 1. The molecule has 1 aromatic carbocycles. The Bertz CT molecular complexity index is 1240. The molecule has 1 fully saturated rings. The van der Waals surface area contributed by atoms with Crippen molar-refractivity contribution < 1.29 is 38.1 Å². The minimum atomic E-state index is -1.60. The van der Waals surface area contributed by atoms with Crippen molar-refractivity contribution in [1.82, 2.24) is 21.0 Å². The summed E-state index contributed by atoms with van der Waals surface area (Å²) in [5, 5.41) is 9.50. The predicted molar refractivity (Wildman–Crippen MR) is 152 cm³/mol. The highest BCUT2D eigenvalue weighted by Crippen LogP contribution is 2.41. The zero-order chi connectivity index (χ0) is 30.8. The standard InChI is InChI=1S/C29H41N5O8/c1-15(2)22(31-26(36)20-9-8-10-34(20)27(37)23(16(3)4)32-28(38)39-7)25(35)29(33-30-13-42-29)18(6)19-11-17(5)24-21(12-19)40-14-41-24/h11-13,15-16,18,20,22-23,33H,8-10,14H2,1-7H3,(H,31,36)(H,32,38)/t18?,20-,22?,23-,29?/m0/s1. The summed E-state index contributed by atoms with van der Waals surface area (Å²) < 4.78 is 21.7. The lowest BCUT2D eigenvalue weighted by Crippen LogP contribution is -2.63. The number of fused-ring (bicyclic) bond motifs is 1. The maximum atomic E-state index is 14.3. The topological polar surface area (TPSA) is 157 Å². The van der Waals surface area contributed by atoms with Crippen molar-refractivity contribution in [3.63, 3.8) is 0 Å². The normalized spacial score (nSPS) is 22.8. The first-order chi connectivity index (χ1) is 19.9. The van der Waals surface area contributed by atoms with Crippen LogP contribution < -0.4 is 25.5 Å². The van der Waals surface area contributed by atoms with Gasteiger partial charge in [-0.1, -0.05) is 40.7 Å². The molecule has 3 amide bonds. The Morgan fingerprint density at radius 1 is 1.07 bits per heavy atom. The second-order valence-corrected chi connectivity index (χ2v) is 11.6. The van der Waals surface area contributed by atoms with Crippen LogP contribution in [0.25, 0.3) is 0 Å². The maximum absolute atomic E-state index is 14.3. The number of nitrogens with zero attached hydrogens (tertiary/aromatic N) is 2. The number of ketones is 1. The predicted octanol–water partition coefficient (Wildman–Crippen LogP) is 2.17. The number of nitrogens with one attached hydrogen (secondary N) is 3. The molecule has 3 unspecified atom stereocenters. The first-order valence-electron chi connectivity index (χ1n) is 14.3. The van der Waals surface area contributed by atoms with Crippen LogP contribution in [0.2, 0.25) is 0 Å². The molecule has 3 aliphatic heterocycles. The van der Waals surface area contributed by atoms with Crippen LogP contribution in [0.3, 0.4) is 0 Å². The van der Waals surface area contributed by atoms with Crippen molar-refractivity contribution in [2.24, 2.45) is 16.9 Å². The van der Waals surface area contributed by atoms with Gasteiger partial charge >= 0.3 is 6.09 Å². The second-order valence-electron chi connectivity index (χ2n) is 11.6. The highest BCUT2D eigenvalue weighted by atomic mass is 16.7. The highest BCUT2D eigenvalue weighted by Gasteiger charge is 2.53. The Kier molecular flexibility index (Phi) is 9.17. The minimum absolute atomic E-state index is 0.120. The SMILES string of the molecule is COC(=O)N[C@H](C(=O)N1CCC[C@H]1C(=O)NC(C(=O)C1(C(C)c2cc(C)c3c(c2)OCO3)NN=CO1)C(C)C)C(C)C. The summed E-state index contributed by atoms with van der Waals surface area (Å²) in [6, 6.07) is 1.10. The van der Waals surface area contributed by atoms with Gasteiger partial charge in [-0.25, -0.2) is 4.79 Å². The number of methoxy groups -OCH3 is 1.